The molecule has 0 bridgehead atoms. The van der Waals surface area contributed by atoms with Crippen LogP contribution in [0.3, 0.4) is 0 Å². The molecular formula is C19H24O2S. The molecule has 0 radical (unpaired) electrons. The van der Waals surface area contributed by atoms with Crippen LogP contribution in [0.1, 0.15) is 58.8 Å². The number of ketones is 2. The third-order valence-electron chi connectivity index (χ3n) is 7.18. The average Bonchev–Trinajstić information content (AvgIpc) is 2.79. The molecule has 0 N–H and O–H groups in total. The Balaban J connectivity index is 1.81. The molecule has 2 saturated carbocycles. The van der Waals surface area contributed by atoms with Gasteiger partial charge in [-0.3, -0.25) is 9.59 Å². The van der Waals surface area contributed by atoms with Gasteiger partial charge in [0.25, 0.3) is 0 Å². The summed E-state index contributed by atoms with van der Waals surface area (Å²) in [6.45, 7) is 4.49. The highest BCUT2D eigenvalue weighted by Gasteiger charge is 2.56. The van der Waals surface area contributed by atoms with Crippen molar-refractivity contribution in [3.63, 3.8) is 0 Å². The lowest BCUT2D eigenvalue weighted by Crippen LogP contribution is -2.45. The molecule has 3 heteroatoms. The fourth-order valence-corrected chi connectivity index (χ4v) is 6.23. The van der Waals surface area contributed by atoms with E-state index in [1.54, 1.807) is 0 Å². The van der Waals surface area contributed by atoms with Crippen molar-refractivity contribution in [3.8, 4) is 0 Å². The SMILES string of the molecule is C[C@]12CCC(=O)C(S)=C1CCC1C2=CC[C@]2(C)C(=O)CCC12. The van der Waals surface area contributed by atoms with E-state index in [4.69, 9.17) is 0 Å². The number of hydrogen-bond donors (Lipinski definition) is 1. The zero-order chi connectivity index (χ0) is 15.7. The molecule has 4 aliphatic rings. The minimum absolute atomic E-state index is 0.0148. The zero-order valence-electron chi connectivity index (χ0n) is 13.4. The molecule has 0 amide bonds. The van der Waals surface area contributed by atoms with Gasteiger partial charge in [-0.1, -0.05) is 25.5 Å². The van der Waals surface area contributed by atoms with Crippen LogP contribution in [0, 0.1) is 22.7 Å². The van der Waals surface area contributed by atoms with E-state index in [0.717, 1.165) is 43.4 Å². The molecule has 0 aromatic carbocycles. The van der Waals surface area contributed by atoms with E-state index < -0.39 is 0 Å². The summed E-state index contributed by atoms with van der Waals surface area (Å²) in [6, 6.07) is 0. The van der Waals surface area contributed by atoms with Gasteiger partial charge in [-0.25, -0.2) is 0 Å². The lowest BCUT2D eigenvalue weighted by molar-refractivity contribution is -0.127. The Hall–Kier alpha value is -0.830. The number of thiol groups is 1. The van der Waals surface area contributed by atoms with Gasteiger partial charge in [0.2, 0.25) is 0 Å². The van der Waals surface area contributed by atoms with Crippen molar-refractivity contribution < 1.29 is 9.59 Å². The normalized spacial score (nSPS) is 44.4. The largest absolute Gasteiger partial charge is 0.299 e. The molecule has 0 aliphatic heterocycles. The van der Waals surface area contributed by atoms with Crippen LogP contribution in [0.4, 0.5) is 0 Å². The molecule has 2 fully saturated rings. The van der Waals surface area contributed by atoms with Crippen LogP contribution in [0.15, 0.2) is 22.1 Å². The highest BCUT2D eigenvalue weighted by molar-refractivity contribution is 7.85. The summed E-state index contributed by atoms with van der Waals surface area (Å²) in [7, 11) is 0. The first-order valence-corrected chi connectivity index (χ1v) is 9.02. The summed E-state index contributed by atoms with van der Waals surface area (Å²) in [6.07, 6.45) is 8.66. The van der Waals surface area contributed by atoms with Crippen molar-refractivity contribution in [2.75, 3.05) is 0 Å². The quantitative estimate of drug-likeness (QED) is 0.535. The van der Waals surface area contributed by atoms with Crippen LogP contribution in [0.25, 0.3) is 0 Å². The summed E-state index contributed by atoms with van der Waals surface area (Å²) >= 11 is 4.54. The van der Waals surface area contributed by atoms with Crippen molar-refractivity contribution in [1.82, 2.24) is 0 Å². The topological polar surface area (TPSA) is 34.1 Å². The average molecular weight is 316 g/mol. The smallest absolute Gasteiger partial charge is 0.168 e. The van der Waals surface area contributed by atoms with Gasteiger partial charge >= 0.3 is 0 Å². The Labute approximate surface area is 137 Å². The molecule has 22 heavy (non-hydrogen) atoms. The van der Waals surface area contributed by atoms with Crippen molar-refractivity contribution in [2.24, 2.45) is 22.7 Å². The van der Waals surface area contributed by atoms with Crippen LogP contribution >= 0.6 is 12.6 Å². The lowest BCUT2D eigenvalue weighted by Gasteiger charge is -2.52. The molecular weight excluding hydrogens is 292 g/mol. The number of carbonyl (C=O) groups is 2. The first-order chi connectivity index (χ1) is 10.4. The Kier molecular flexibility index (Phi) is 3.08. The van der Waals surface area contributed by atoms with Gasteiger partial charge in [0, 0.05) is 28.6 Å². The molecule has 4 atom stereocenters. The Morgan fingerprint density at radius 2 is 1.91 bits per heavy atom. The molecule has 0 heterocycles. The number of rotatable bonds is 0. The van der Waals surface area contributed by atoms with Crippen molar-refractivity contribution >= 4 is 24.2 Å². The van der Waals surface area contributed by atoms with Crippen molar-refractivity contribution in [2.45, 2.75) is 58.8 Å². The van der Waals surface area contributed by atoms with E-state index in [1.807, 2.05) is 0 Å². The third-order valence-corrected chi connectivity index (χ3v) is 7.70. The maximum absolute atomic E-state index is 12.4. The van der Waals surface area contributed by atoms with Gasteiger partial charge in [-0.2, -0.15) is 0 Å². The third kappa shape index (κ3) is 1.69. The second-order valence-electron chi connectivity index (χ2n) is 8.08. The molecule has 4 rings (SSSR count). The zero-order valence-corrected chi connectivity index (χ0v) is 14.3. The predicted molar refractivity (Wildman–Crippen MR) is 89.6 cm³/mol. The van der Waals surface area contributed by atoms with Crippen LogP contribution in [-0.2, 0) is 9.59 Å². The summed E-state index contributed by atoms with van der Waals surface area (Å²) < 4.78 is 0. The molecule has 2 unspecified atom stereocenters. The number of fused-ring (bicyclic) bond motifs is 5. The minimum Gasteiger partial charge on any atom is -0.299 e. The van der Waals surface area contributed by atoms with Gasteiger partial charge in [0.15, 0.2) is 5.78 Å². The fourth-order valence-electron chi connectivity index (χ4n) is 5.76. The molecule has 118 valence electrons. The lowest BCUT2D eigenvalue weighted by atomic mass is 9.52. The van der Waals surface area contributed by atoms with Crippen LogP contribution < -0.4 is 0 Å². The molecule has 0 saturated heterocycles. The number of Topliss-reactive ketones (excluding diaryl/α,β-unsaturated/α-hetero) is 2. The van der Waals surface area contributed by atoms with Gasteiger partial charge < -0.3 is 0 Å². The van der Waals surface area contributed by atoms with Gasteiger partial charge in [0.05, 0.1) is 0 Å². The van der Waals surface area contributed by atoms with Gasteiger partial charge in [0.1, 0.15) is 5.78 Å². The van der Waals surface area contributed by atoms with Crippen molar-refractivity contribution in [3.05, 3.63) is 22.1 Å². The second-order valence-corrected chi connectivity index (χ2v) is 8.52. The molecule has 0 aromatic heterocycles. The Morgan fingerprint density at radius 3 is 2.68 bits per heavy atom. The number of hydrogen-bond acceptors (Lipinski definition) is 3. The minimum atomic E-state index is -0.125. The van der Waals surface area contributed by atoms with E-state index in [-0.39, 0.29) is 16.6 Å². The molecule has 0 spiro atoms. The molecule has 4 aliphatic carbocycles. The van der Waals surface area contributed by atoms with Gasteiger partial charge in [-0.15, -0.1) is 12.6 Å². The molecule has 0 aromatic rings. The van der Waals surface area contributed by atoms with E-state index in [2.05, 4.69) is 32.6 Å². The summed E-state index contributed by atoms with van der Waals surface area (Å²) in [5, 5.41) is 0. The summed E-state index contributed by atoms with van der Waals surface area (Å²) in [5.41, 5.74) is 2.67. The monoisotopic (exact) mass is 316 g/mol. The Morgan fingerprint density at radius 1 is 1.14 bits per heavy atom. The predicted octanol–water partition coefficient (Wildman–Crippen LogP) is 4.27. The number of allylic oxidation sites excluding steroid dienone is 4. The first-order valence-electron chi connectivity index (χ1n) is 8.57. The van der Waals surface area contributed by atoms with E-state index in [0.29, 0.717) is 24.0 Å². The fraction of sp³-hybridized carbons (Fsp3) is 0.684. The highest BCUT2D eigenvalue weighted by Crippen LogP contribution is 2.62. The van der Waals surface area contributed by atoms with E-state index in [1.165, 1.54) is 11.1 Å². The maximum atomic E-state index is 12.4. The first kappa shape index (κ1) is 14.7. The van der Waals surface area contributed by atoms with E-state index >= 15 is 0 Å². The van der Waals surface area contributed by atoms with Gasteiger partial charge in [-0.05, 0) is 49.5 Å². The second kappa shape index (κ2) is 4.59. The molecule has 2 nitrogen and oxygen atoms in total. The maximum Gasteiger partial charge on any atom is 0.168 e. The standard InChI is InChI=1S/C19H24O2S/c1-18-10-8-15(20)17(22)14(18)4-3-11-12-5-6-16(21)19(12,2)9-7-13(11)18/h7,11-12,22H,3-6,8-10H2,1-2H3/t11?,12?,18-,19+/m1/s1. The summed E-state index contributed by atoms with van der Waals surface area (Å²) in [4.78, 5) is 25.1. The Bertz CT molecular complexity index is 644. The van der Waals surface area contributed by atoms with Crippen LogP contribution in [0.2, 0.25) is 0 Å². The number of carbonyl (C=O) groups excluding carboxylic acids is 2. The van der Waals surface area contributed by atoms with Crippen molar-refractivity contribution in [1.29, 1.82) is 0 Å². The highest BCUT2D eigenvalue weighted by atomic mass is 32.1. The summed E-state index contributed by atoms with van der Waals surface area (Å²) in [5.74, 6) is 1.73. The van der Waals surface area contributed by atoms with Crippen LogP contribution in [0.5, 0.6) is 0 Å². The van der Waals surface area contributed by atoms with E-state index in [9.17, 15) is 9.59 Å². The van der Waals surface area contributed by atoms with Crippen LogP contribution in [-0.4, -0.2) is 11.6 Å².